The fourth-order valence-corrected chi connectivity index (χ4v) is 4.17. The Labute approximate surface area is 147 Å². The third kappa shape index (κ3) is 3.75. The zero-order valence-corrected chi connectivity index (χ0v) is 15.2. The Kier molecular flexibility index (Phi) is 5.79. The first kappa shape index (κ1) is 17.3. The minimum absolute atomic E-state index is 0.220. The Bertz CT molecular complexity index is 701. The van der Waals surface area contributed by atoms with Crippen molar-refractivity contribution in [3.8, 4) is 0 Å². The van der Waals surface area contributed by atoms with Gasteiger partial charge in [-0.1, -0.05) is 23.9 Å². The van der Waals surface area contributed by atoms with Crippen LogP contribution in [0.5, 0.6) is 0 Å². The summed E-state index contributed by atoms with van der Waals surface area (Å²) in [5, 5.41) is 0.895. The maximum absolute atomic E-state index is 12.6. The van der Waals surface area contributed by atoms with Gasteiger partial charge in [-0.25, -0.2) is 4.98 Å². The smallest absolute Gasteiger partial charge is 0.233 e. The molecule has 3 rings (SSSR count). The van der Waals surface area contributed by atoms with Gasteiger partial charge in [0.1, 0.15) is 0 Å². The molecule has 130 valence electrons. The van der Waals surface area contributed by atoms with Crippen molar-refractivity contribution >= 4 is 28.7 Å². The molecule has 1 amide bonds. The highest BCUT2D eigenvalue weighted by atomic mass is 32.2. The second-order valence-electron chi connectivity index (χ2n) is 6.25. The van der Waals surface area contributed by atoms with E-state index in [1.54, 1.807) is 7.11 Å². The number of methoxy groups -OCH3 is 1. The Hall–Kier alpha value is -1.53. The number of ether oxygens (including phenoxy) is 1. The van der Waals surface area contributed by atoms with Crippen LogP contribution in [0.25, 0.3) is 11.0 Å². The lowest BCUT2D eigenvalue weighted by molar-refractivity contribution is -0.131. The standard InChI is InChI=1S/C18H25N3O2S/c1-14-7-5-6-10-20(14)17(22)13-24-18-19-15-8-3-4-9-16(15)21(18)11-12-23-2/h3-4,8-9,14H,5-7,10-13H2,1-2H3. The molecule has 1 aliphatic heterocycles. The summed E-state index contributed by atoms with van der Waals surface area (Å²) in [5.41, 5.74) is 2.06. The fourth-order valence-electron chi connectivity index (χ4n) is 3.24. The highest BCUT2D eigenvalue weighted by molar-refractivity contribution is 7.99. The molecular formula is C18H25N3O2S. The molecule has 1 aromatic heterocycles. The molecule has 24 heavy (non-hydrogen) atoms. The minimum Gasteiger partial charge on any atom is -0.383 e. The average Bonchev–Trinajstić information content (AvgIpc) is 2.96. The van der Waals surface area contributed by atoms with Crippen LogP contribution in [0.15, 0.2) is 29.4 Å². The summed E-state index contributed by atoms with van der Waals surface area (Å²) in [5.74, 6) is 0.665. The molecule has 1 atom stereocenters. The van der Waals surface area contributed by atoms with E-state index in [-0.39, 0.29) is 5.91 Å². The minimum atomic E-state index is 0.220. The third-order valence-corrected chi connectivity index (χ3v) is 5.55. The summed E-state index contributed by atoms with van der Waals surface area (Å²) in [6, 6.07) is 8.44. The van der Waals surface area contributed by atoms with Gasteiger partial charge in [-0.3, -0.25) is 4.79 Å². The zero-order chi connectivity index (χ0) is 16.9. The number of carbonyl (C=O) groups is 1. The van der Waals surface area contributed by atoms with Crippen LogP contribution in [0.1, 0.15) is 26.2 Å². The molecule has 0 bridgehead atoms. The predicted octanol–water partition coefficient (Wildman–Crippen LogP) is 3.18. The van der Waals surface area contributed by atoms with Gasteiger partial charge in [-0.15, -0.1) is 0 Å². The number of hydrogen-bond acceptors (Lipinski definition) is 4. The molecule has 6 heteroatoms. The van der Waals surface area contributed by atoms with Crippen molar-refractivity contribution in [2.45, 2.75) is 43.9 Å². The molecule has 0 saturated carbocycles. The van der Waals surface area contributed by atoms with E-state index < -0.39 is 0 Å². The second-order valence-corrected chi connectivity index (χ2v) is 7.19. The predicted molar refractivity (Wildman–Crippen MR) is 97.4 cm³/mol. The maximum atomic E-state index is 12.6. The second kappa shape index (κ2) is 8.03. The third-order valence-electron chi connectivity index (χ3n) is 4.59. The van der Waals surface area contributed by atoms with E-state index in [1.807, 2.05) is 23.1 Å². The number of nitrogens with zero attached hydrogens (tertiary/aromatic N) is 3. The molecule has 1 aliphatic rings. The lowest BCUT2D eigenvalue weighted by Crippen LogP contribution is -2.43. The summed E-state index contributed by atoms with van der Waals surface area (Å²) in [6.45, 7) is 4.41. The highest BCUT2D eigenvalue weighted by Crippen LogP contribution is 2.25. The molecule has 1 aromatic carbocycles. The van der Waals surface area contributed by atoms with Crippen LogP contribution in [0, 0.1) is 0 Å². The molecule has 1 unspecified atom stereocenters. The number of likely N-dealkylation sites (tertiary alicyclic amines) is 1. The molecule has 2 heterocycles. The van der Waals surface area contributed by atoms with Crippen LogP contribution in [-0.2, 0) is 16.1 Å². The quantitative estimate of drug-likeness (QED) is 0.753. The van der Waals surface area contributed by atoms with Gasteiger partial charge in [0.25, 0.3) is 0 Å². The summed E-state index contributed by atoms with van der Waals surface area (Å²) in [4.78, 5) is 19.3. The Balaban J connectivity index is 1.73. The molecule has 0 aliphatic carbocycles. The van der Waals surface area contributed by atoms with Crippen molar-refractivity contribution in [2.75, 3.05) is 26.0 Å². The van der Waals surface area contributed by atoms with Gasteiger partial charge in [0, 0.05) is 26.2 Å². The molecule has 0 radical (unpaired) electrons. The molecule has 0 spiro atoms. The van der Waals surface area contributed by atoms with Crippen molar-refractivity contribution in [3.63, 3.8) is 0 Å². The number of amides is 1. The summed E-state index contributed by atoms with van der Waals surface area (Å²) in [7, 11) is 1.70. The molecule has 0 N–H and O–H groups in total. The number of carbonyl (C=O) groups excluding carboxylic acids is 1. The lowest BCUT2D eigenvalue weighted by Gasteiger charge is -2.33. The van der Waals surface area contributed by atoms with Crippen molar-refractivity contribution in [1.29, 1.82) is 0 Å². The lowest BCUT2D eigenvalue weighted by atomic mass is 10.0. The van der Waals surface area contributed by atoms with Crippen molar-refractivity contribution in [3.05, 3.63) is 24.3 Å². The van der Waals surface area contributed by atoms with Gasteiger partial charge in [-0.2, -0.15) is 0 Å². The van der Waals surface area contributed by atoms with Crippen LogP contribution >= 0.6 is 11.8 Å². The summed E-state index contributed by atoms with van der Waals surface area (Å²) in [6.07, 6.45) is 3.46. The number of hydrogen-bond donors (Lipinski definition) is 0. The maximum Gasteiger partial charge on any atom is 0.233 e. The zero-order valence-electron chi connectivity index (χ0n) is 14.4. The molecule has 1 fully saturated rings. The van der Waals surface area contributed by atoms with Gasteiger partial charge in [0.15, 0.2) is 5.16 Å². The monoisotopic (exact) mass is 347 g/mol. The molecular weight excluding hydrogens is 322 g/mol. The van der Waals surface area contributed by atoms with E-state index in [1.165, 1.54) is 18.2 Å². The van der Waals surface area contributed by atoms with Crippen LogP contribution in [0.3, 0.4) is 0 Å². The molecule has 5 nitrogen and oxygen atoms in total. The average molecular weight is 347 g/mol. The van der Waals surface area contributed by atoms with E-state index in [0.29, 0.717) is 18.4 Å². The van der Waals surface area contributed by atoms with Crippen molar-refractivity contribution in [1.82, 2.24) is 14.5 Å². The van der Waals surface area contributed by atoms with Crippen LogP contribution in [0.2, 0.25) is 0 Å². The number of rotatable bonds is 6. The number of imidazole rings is 1. The normalized spacial score (nSPS) is 18.2. The summed E-state index contributed by atoms with van der Waals surface area (Å²) < 4.78 is 7.37. The largest absolute Gasteiger partial charge is 0.383 e. The number of fused-ring (bicyclic) bond motifs is 1. The van der Waals surface area contributed by atoms with Gasteiger partial charge < -0.3 is 14.2 Å². The molecule has 2 aromatic rings. The van der Waals surface area contributed by atoms with E-state index >= 15 is 0 Å². The van der Waals surface area contributed by atoms with Gasteiger partial charge >= 0.3 is 0 Å². The van der Waals surface area contributed by atoms with E-state index in [2.05, 4.69) is 17.6 Å². The first-order valence-corrected chi connectivity index (χ1v) is 9.55. The van der Waals surface area contributed by atoms with Crippen LogP contribution in [0.4, 0.5) is 0 Å². The van der Waals surface area contributed by atoms with E-state index in [9.17, 15) is 4.79 Å². The van der Waals surface area contributed by atoms with E-state index in [0.717, 1.165) is 42.1 Å². The fraction of sp³-hybridized carbons (Fsp3) is 0.556. The van der Waals surface area contributed by atoms with Gasteiger partial charge in [0.2, 0.25) is 5.91 Å². The number of piperidine rings is 1. The Morgan fingerprint density at radius 1 is 1.38 bits per heavy atom. The van der Waals surface area contributed by atoms with Crippen LogP contribution < -0.4 is 0 Å². The van der Waals surface area contributed by atoms with Crippen molar-refractivity contribution < 1.29 is 9.53 Å². The number of benzene rings is 1. The summed E-state index contributed by atoms with van der Waals surface area (Å²) >= 11 is 1.53. The highest BCUT2D eigenvalue weighted by Gasteiger charge is 2.23. The SMILES string of the molecule is COCCn1c(SCC(=O)N2CCCCC2C)nc2ccccc21. The first-order valence-electron chi connectivity index (χ1n) is 8.57. The number of para-hydroxylation sites is 2. The van der Waals surface area contributed by atoms with Crippen LogP contribution in [-0.4, -0.2) is 52.4 Å². The number of thioether (sulfide) groups is 1. The number of aromatic nitrogens is 2. The Morgan fingerprint density at radius 3 is 3.00 bits per heavy atom. The topological polar surface area (TPSA) is 47.4 Å². The van der Waals surface area contributed by atoms with Crippen molar-refractivity contribution in [2.24, 2.45) is 0 Å². The molecule has 1 saturated heterocycles. The first-order chi connectivity index (χ1) is 11.7. The van der Waals surface area contributed by atoms with Gasteiger partial charge in [-0.05, 0) is 38.3 Å². The van der Waals surface area contributed by atoms with Gasteiger partial charge in [0.05, 0.1) is 23.4 Å². The van der Waals surface area contributed by atoms with E-state index in [4.69, 9.17) is 9.72 Å². The Morgan fingerprint density at radius 2 is 2.21 bits per heavy atom.